The van der Waals surface area contributed by atoms with Crippen LogP contribution in [0.5, 0.6) is 0 Å². The van der Waals surface area contributed by atoms with Gasteiger partial charge in [0.1, 0.15) is 0 Å². The van der Waals surface area contributed by atoms with Crippen molar-refractivity contribution in [3.05, 3.63) is 34.9 Å². The molecular formula is C15H21NO5. The summed E-state index contributed by atoms with van der Waals surface area (Å²) in [6.45, 7) is 8.44. The number of carboxylic acids is 2. The highest BCUT2D eigenvalue weighted by Gasteiger charge is 2.16. The number of amides is 1. The van der Waals surface area contributed by atoms with Gasteiger partial charge in [-0.1, -0.05) is 39.8 Å². The van der Waals surface area contributed by atoms with Crippen LogP contribution in [0.2, 0.25) is 0 Å². The van der Waals surface area contributed by atoms with Gasteiger partial charge in [-0.2, -0.15) is 0 Å². The lowest BCUT2D eigenvalue weighted by molar-refractivity contribution is -0.159. The van der Waals surface area contributed by atoms with Crippen LogP contribution in [0.15, 0.2) is 18.2 Å². The van der Waals surface area contributed by atoms with Gasteiger partial charge in [0.25, 0.3) is 0 Å². The predicted molar refractivity (Wildman–Crippen MR) is 78.4 cm³/mol. The number of carbonyl (C=O) groups excluding carboxylic acids is 1. The van der Waals surface area contributed by atoms with Crippen molar-refractivity contribution < 1.29 is 24.6 Å². The highest BCUT2D eigenvalue weighted by molar-refractivity contribution is 6.27. The summed E-state index contributed by atoms with van der Waals surface area (Å²) >= 11 is 0. The minimum absolute atomic E-state index is 0.325. The van der Waals surface area contributed by atoms with Crippen LogP contribution in [0.25, 0.3) is 0 Å². The molecule has 1 amide bonds. The van der Waals surface area contributed by atoms with E-state index in [2.05, 4.69) is 33.8 Å². The fourth-order valence-electron chi connectivity index (χ4n) is 1.95. The first-order chi connectivity index (χ1) is 9.59. The molecule has 0 aliphatic rings. The van der Waals surface area contributed by atoms with E-state index >= 15 is 0 Å². The van der Waals surface area contributed by atoms with E-state index in [0.717, 1.165) is 5.56 Å². The number of aliphatic carboxylic acids is 2. The fourth-order valence-corrected chi connectivity index (χ4v) is 1.95. The van der Waals surface area contributed by atoms with E-state index in [1.807, 2.05) is 12.1 Å². The Bertz CT molecular complexity index is 523. The second-order valence-corrected chi connectivity index (χ2v) is 5.09. The van der Waals surface area contributed by atoms with E-state index in [0.29, 0.717) is 17.4 Å². The molecule has 0 heterocycles. The third kappa shape index (κ3) is 5.64. The third-order valence-corrected chi connectivity index (χ3v) is 2.79. The molecule has 0 radical (unpaired) electrons. The van der Waals surface area contributed by atoms with Gasteiger partial charge >= 0.3 is 11.9 Å². The van der Waals surface area contributed by atoms with Crippen LogP contribution in [0.4, 0.5) is 0 Å². The average molecular weight is 295 g/mol. The molecule has 6 heteroatoms. The van der Waals surface area contributed by atoms with E-state index in [4.69, 9.17) is 25.5 Å². The van der Waals surface area contributed by atoms with Crippen LogP contribution in [0.1, 0.15) is 61.0 Å². The van der Waals surface area contributed by atoms with Gasteiger partial charge in [0.15, 0.2) is 0 Å². The number of carbonyl (C=O) groups is 3. The molecule has 0 bridgehead atoms. The lowest BCUT2D eigenvalue weighted by Gasteiger charge is -2.18. The first-order valence-corrected chi connectivity index (χ1v) is 6.48. The molecule has 0 saturated heterocycles. The summed E-state index contributed by atoms with van der Waals surface area (Å²) in [5.41, 5.74) is 8.37. The zero-order valence-electron chi connectivity index (χ0n) is 12.6. The Morgan fingerprint density at radius 2 is 1.43 bits per heavy atom. The summed E-state index contributed by atoms with van der Waals surface area (Å²) in [5.74, 6) is -3.24. The normalized spacial score (nSPS) is 10.0. The van der Waals surface area contributed by atoms with Crippen LogP contribution < -0.4 is 5.73 Å². The maximum atomic E-state index is 11.3. The molecular weight excluding hydrogens is 274 g/mol. The van der Waals surface area contributed by atoms with Crippen molar-refractivity contribution in [3.63, 3.8) is 0 Å². The van der Waals surface area contributed by atoms with Crippen LogP contribution in [0.3, 0.4) is 0 Å². The molecule has 1 aromatic carbocycles. The van der Waals surface area contributed by atoms with Gasteiger partial charge in [0.05, 0.1) is 0 Å². The molecule has 1 rings (SSSR count). The number of benzene rings is 1. The Morgan fingerprint density at radius 3 is 1.71 bits per heavy atom. The van der Waals surface area contributed by atoms with Crippen LogP contribution in [-0.2, 0) is 9.59 Å². The summed E-state index contributed by atoms with van der Waals surface area (Å²) in [4.78, 5) is 29.5. The number of carboxylic acid groups (broad SMARTS) is 2. The number of nitrogens with two attached hydrogens (primary N) is 1. The highest BCUT2D eigenvalue weighted by Crippen LogP contribution is 2.28. The van der Waals surface area contributed by atoms with Crippen molar-refractivity contribution in [3.8, 4) is 0 Å². The molecule has 1 aromatic rings. The molecule has 0 unspecified atom stereocenters. The van der Waals surface area contributed by atoms with E-state index in [1.165, 1.54) is 5.56 Å². The highest BCUT2D eigenvalue weighted by atomic mass is 16.4. The Hall–Kier alpha value is -2.37. The molecule has 0 aromatic heterocycles. The zero-order chi connectivity index (χ0) is 16.7. The van der Waals surface area contributed by atoms with E-state index in [1.54, 1.807) is 0 Å². The standard InChI is InChI=1S/C13H19NO.C2H2O4/c1-8(2)10-6-5-7-11(13(14)15)12(10)9(3)4;3-1(4)2(5)6/h5-9H,1-4H3,(H2,14,15);(H,3,4)(H,5,6). The molecule has 0 spiro atoms. The molecule has 0 fully saturated rings. The molecule has 6 nitrogen and oxygen atoms in total. The largest absolute Gasteiger partial charge is 0.473 e. The summed E-state index contributed by atoms with van der Waals surface area (Å²) in [6.07, 6.45) is 0. The lowest BCUT2D eigenvalue weighted by Crippen LogP contribution is -2.16. The summed E-state index contributed by atoms with van der Waals surface area (Å²) in [6, 6.07) is 5.79. The van der Waals surface area contributed by atoms with Gasteiger partial charge in [-0.3, -0.25) is 4.79 Å². The van der Waals surface area contributed by atoms with E-state index < -0.39 is 11.9 Å². The summed E-state index contributed by atoms with van der Waals surface area (Å²) in [7, 11) is 0. The zero-order valence-corrected chi connectivity index (χ0v) is 12.6. The molecule has 0 aliphatic heterocycles. The minimum atomic E-state index is -1.82. The average Bonchev–Trinajstić information content (AvgIpc) is 2.37. The second kappa shape index (κ2) is 8.04. The third-order valence-electron chi connectivity index (χ3n) is 2.79. The fraction of sp³-hybridized carbons (Fsp3) is 0.400. The van der Waals surface area contributed by atoms with Crippen LogP contribution >= 0.6 is 0 Å². The SMILES string of the molecule is CC(C)c1cccc(C(N)=O)c1C(C)C.O=C(O)C(=O)O. The maximum Gasteiger partial charge on any atom is 0.414 e. The van der Waals surface area contributed by atoms with Crippen LogP contribution in [-0.4, -0.2) is 28.1 Å². The number of hydrogen-bond acceptors (Lipinski definition) is 3. The molecule has 0 atom stereocenters. The van der Waals surface area contributed by atoms with Crippen molar-refractivity contribution in [1.82, 2.24) is 0 Å². The number of hydrogen-bond donors (Lipinski definition) is 3. The topological polar surface area (TPSA) is 118 Å². The molecule has 0 aliphatic carbocycles. The van der Waals surface area contributed by atoms with Crippen LogP contribution in [0, 0.1) is 0 Å². The van der Waals surface area contributed by atoms with Crippen molar-refractivity contribution in [2.75, 3.05) is 0 Å². The van der Waals surface area contributed by atoms with Gasteiger partial charge in [-0.05, 0) is 29.0 Å². The first-order valence-electron chi connectivity index (χ1n) is 6.48. The van der Waals surface area contributed by atoms with Gasteiger partial charge in [-0.15, -0.1) is 0 Å². The molecule has 0 saturated carbocycles. The van der Waals surface area contributed by atoms with Crippen molar-refractivity contribution in [2.24, 2.45) is 5.73 Å². The minimum Gasteiger partial charge on any atom is -0.473 e. The summed E-state index contributed by atoms with van der Waals surface area (Å²) in [5, 5.41) is 14.8. The smallest absolute Gasteiger partial charge is 0.414 e. The maximum absolute atomic E-state index is 11.3. The molecule has 116 valence electrons. The van der Waals surface area contributed by atoms with E-state index in [-0.39, 0.29) is 5.91 Å². The number of primary amides is 1. The van der Waals surface area contributed by atoms with Gasteiger partial charge in [-0.25, -0.2) is 9.59 Å². The monoisotopic (exact) mass is 295 g/mol. The quantitative estimate of drug-likeness (QED) is 0.739. The Kier molecular flexibility index (Phi) is 7.13. The van der Waals surface area contributed by atoms with Gasteiger partial charge < -0.3 is 15.9 Å². The summed E-state index contributed by atoms with van der Waals surface area (Å²) < 4.78 is 0. The molecule has 4 N–H and O–H groups in total. The van der Waals surface area contributed by atoms with Gasteiger partial charge in [0, 0.05) is 5.56 Å². The van der Waals surface area contributed by atoms with Crippen molar-refractivity contribution in [1.29, 1.82) is 0 Å². The number of rotatable bonds is 3. The van der Waals surface area contributed by atoms with Gasteiger partial charge in [0.2, 0.25) is 5.91 Å². The Balaban J connectivity index is 0.000000567. The molecule has 21 heavy (non-hydrogen) atoms. The van der Waals surface area contributed by atoms with E-state index in [9.17, 15) is 4.79 Å². The Morgan fingerprint density at radius 1 is 0.952 bits per heavy atom. The first kappa shape index (κ1) is 18.6. The predicted octanol–water partition coefficient (Wildman–Crippen LogP) is 2.19. The van der Waals surface area contributed by atoms with Crippen molar-refractivity contribution in [2.45, 2.75) is 39.5 Å². The lowest BCUT2D eigenvalue weighted by atomic mass is 9.87. The second-order valence-electron chi connectivity index (χ2n) is 5.09. The Labute approximate surface area is 123 Å². The van der Waals surface area contributed by atoms with Crippen molar-refractivity contribution >= 4 is 17.8 Å².